The van der Waals surface area contributed by atoms with Gasteiger partial charge in [-0.25, -0.2) is 24.7 Å². The number of hydrogen-bond acceptors (Lipinski definition) is 6. The van der Waals surface area contributed by atoms with E-state index in [0.717, 1.165) is 0 Å². The zero-order chi connectivity index (χ0) is 15.3. The third kappa shape index (κ3) is 1.63. The lowest BCUT2D eigenvalue weighted by atomic mass is 10.2. The van der Waals surface area contributed by atoms with E-state index in [0.29, 0.717) is 11.3 Å². The molecule has 4 rings (SSSR count). The molecule has 0 bridgehead atoms. The van der Waals surface area contributed by atoms with Gasteiger partial charge < -0.3 is 9.97 Å². The molecule has 0 radical (unpaired) electrons. The maximum absolute atomic E-state index is 12.2. The quantitative estimate of drug-likeness (QED) is 0.339. The highest BCUT2D eigenvalue weighted by Gasteiger charge is 2.17. The minimum Gasteiger partial charge on any atom is -0.328 e. The van der Waals surface area contributed by atoms with E-state index < -0.39 is 11.2 Å². The molecule has 4 N–H and O–H groups in total. The average molecular weight is 294 g/mol. The molecule has 0 saturated carbocycles. The first-order valence-corrected chi connectivity index (χ1v) is 6.06. The second-order valence-corrected chi connectivity index (χ2v) is 4.36. The number of aromatic amines is 4. The Kier molecular flexibility index (Phi) is 2.26. The van der Waals surface area contributed by atoms with Gasteiger partial charge in [-0.05, 0) is 5.92 Å². The van der Waals surface area contributed by atoms with E-state index in [1.165, 1.54) is 6.33 Å². The highest BCUT2D eigenvalue weighted by molar-refractivity contribution is 5.75. The molecule has 4 aromatic heterocycles. The number of nitrogens with one attached hydrogen (secondary N) is 4. The van der Waals surface area contributed by atoms with Gasteiger partial charge in [-0.3, -0.25) is 14.8 Å². The molecule has 4 heterocycles. The van der Waals surface area contributed by atoms with E-state index in [1.807, 2.05) is 0 Å². The summed E-state index contributed by atoms with van der Waals surface area (Å²) in [6, 6.07) is 0. The molecule has 0 spiro atoms. The number of fused-ring (bicyclic) bond motifs is 2. The number of nitrogens with zero attached hydrogens (tertiary/aromatic N) is 4. The van der Waals surface area contributed by atoms with Crippen LogP contribution in [0, 0.1) is 12.3 Å². The van der Waals surface area contributed by atoms with Crippen LogP contribution in [0.3, 0.4) is 0 Å². The molecule has 0 aromatic carbocycles. The van der Waals surface area contributed by atoms with Crippen molar-refractivity contribution in [1.29, 1.82) is 0 Å². The lowest BCUT2D eigenvalue weighted by Crippen LogP contribution is -2.13. The normalized spacial score (nSPS) is 11.0. The van der Waals surface area contributed by atoms with Crippen molar-refractivity contribution in [2.24, 2.45) is 0 Å². The second kappa shape index (κ2) is 4.13. The zero-order valence-corrected chi connectivity index (χ0v) is 10.8. The van der Waals surface area contributed by atoms with Crippen molar-refractivity contribution in [3.8, 4) is 23.7 Å². The van der Waals surface area contributed by atoms with Crippen LogP contribution >= 0.6 is 0 Å². The molecule has 10 nitrogen and oxygen atoms in total. The van der Waals surface area contributed by atoms with Crippen LogP contribution in [-0.4, -0.2) is 39.9 Å². The summed E-state index contributed by atoms with van der Waals surface area (Å²) in [5.74, 6) is 2.34. The van der Waals surface area contributed by atoms with Gasteiger partial charge in [0.25, 0.3) is 5.56 Å². The second-order valence-electron chi connectivity index (χ2n) is 4.36. The molecule has 0 atom stereocenters. The van der Waals surface area contributed by atoms with Crippen molar-refractivity contribution in [2.45, 2.75) is 0 Å². The average Bonchev–Trinajstić information content (AvgIpc) is 3.08. The van der Waals surface area contributed by atoms with E-state index >= 15 is 0 Å². The number of terminal acetylenes is 1. The standard InChI is InChI=1S/C12H6N8O2/c1-2-4-5(16-10-9(15-4)19-12(22)20-10)6-11(21)18-8-7(17-6)13-3-14-8/h1,3H,(H2,13,14,17,18,21)(H2,15,16,19,20,22). The first kappa shape index (κ1) is 12.0. The Morgan fingerprint density at radius 3 is 2.41 bits per heavy atom. The van der Waals surface area contributed by atoms with Crippen molar-refractivity contribution in [2.75, 3.05) is 0 Å². The topological polar surface area (TPSA) is 149 Å². The predicted octanol–water partition coefficient (Wildman–Crippen LogP) is -0.746. The monoisotopic (exact) mass is 294 g/mol. The van der Waals surface area contributed by atoms with Gasteiger partial charge in [0.1, 0.15) is 11.4 Å². The van der Waals surface area contributed by atoms with Crippen LogP contribution in [0.25, 0.3) is 34.0 Å². The lowest BCUT2D eigenvalue weighted by molar-refractivity contribution is 1.14. The molecular weight excluding hydrogens is 288 g/mol. The molecule has 0 amide bonds. The van der Waals surface area contributed by atoms with Gasteiger partial charge in [0, 0.05) is 0 Å². The Balaban J connectivity index is 2.10. The maximum Gasteiger partial charge on any atom is 0.326 e. The molecule has 4 aromatic rings. The van der Waals surface area contributed by atoms with Gasteiger partial charge >= 0.3 is 5.69 Å². The summed E-state index contributed by atoms with van der Waals surface area (Å²) in [5.41, 5.74) is 0.292. The molecule has 0 aliphatic heterocycles. The van der Waals surface area contributed by atoms with Gasteiger partial charge in [0.2, 0.25) is 0 Å². The molecule has 0 aliphatic rings. The fourth-order valence-corrected chi connectivity index (χ4v) is 2.08. The zero-order valence-electron chi connectivity index (χ0n) is 10.8. The Labute approximate surface area is 120 Å². The van der Waals surface area contributed by atoms with Crippen molar-refractivity contribution in [1.82, 2.24) is 39.9 Å². The van der Waals surface area contributed by atoms with Gasteiger partial charge in [0.05, 0.1) is 6.33 Å². The van der Waals surface area contributed by atoms with Crippen LogP contribution < -0.4 is 11.2 Å². The van der Waals surface area contributed by atoms with Crippen molar-refractivity contribution < 1.29 is 0 Å². The Morgan fingerprint density at radius 1 is 0.909 bits per heavy atom. The lowest BCUT2D eigenvalue weighted by Gasteiger charge is -2.02. The summed E-state index contributed by atoms with van der Waals surface area (Å²) in [6.45, 7) is 0. The highest BCUT2D eigenvalue weighted by atomic mass is 16.1. The van der Waals surface area contributed by atoms with Crippen molar-refractivity contribution in [3.63, 3.8) is 0 Å². The molecule has 106 valence electrons. The van der Waals surface area contributed by atoms with Crippen LogP contribution in [0.1, 0.15) is 5.69 Å². The predicted molar refractivity (Wildman–Crippen MR) is 75.9 cm³/mol. The van der Waals surface area contributed by atoms with Gasteiger partial charge in [0.15, 0.2) is 28.3 Å². The van der Waals surface area contributed by atoms with Crippen LogP contribution in [0.5, 0.6) is 0 Å². The summed E-state index contributed by atoms with van der Waals surface area (Å²) in [4.78, 5) is 50.1. The molecular formula is C12H6N8O2. The summed E-state index contributed by atoms with van der Waals surface area (Å²) in [6.07, 6.45) is 6.81. The maximum atomic E-state index is 12.2. The number of H-pyrrole nitrogens is 4. The molecule has 22 heavy (non-hydrogen) atoms. The molecule has 0 aliphatic carbocycles. The van der Waals surface area contributed by atoms with Crippen molar-refractivity contribution >= 4 is 22.6 Å². The van der Waals surface area contributed by atoms with Crippen LogP contribution in [-0.2, 0) is 0 Å². The fraction of sp³-hybridized carbons (Fsp3) is 0. The number of imidazole rings is 2. The van der Waals surface area contributed by atoms with Gasteiger partial charge in [-0.15, -0.1) is 6.42 Å². The smallest absolute Gasteiger partial charge is 0.326 e. The first-order valence-electron chi connectivity index (χ1n) is 6.06. The Hall–Kier alpha value is -3.74. The first-order chi connectivity index (χ1) is 10.7. The third-order valence-electron chi connectivity index (χ3n) is 3.01. The van der Waals surface area contributed by atoms with Crippen LogP contribution in [0.2, 0.25) is 0 Å². The minimum atomic E-state index is -0.511. The molecule has 10 heteroatoms. The molecule has 0 unspecified atom stereocenters. The van der Waals surface area contributed by atoms with E-state index in [1.54, 1.807) is 0 Å². The SMILES string of the molecule is C#Cc1nc2[nH]c(=O)[nH]c2nc1-c1nc2[nH]cnc2[nH]c1=O. The van der Waals surface area contributed by atoms with Gasteiger partial charge in [-0.2, -0.15) is 0 Å². The van der Waals surface area contributed by atoms with Gasteiger partial charge in [-0.1, -0.05) is 0 Å². The summed E-state index contributed by atoms with van der Waals surface area (Å²) >= 11 is 0. The van der Waals surface area contributed by atoms with E-state index in [-0.39, 0.29) is 28.4 Å². The Bertz CT molecular complexity index is 1190. The number of aromatic nitrogens is 8. The summed E-state index contributed by atoms with van der Waals surface area (Å²) in [5, 5.41) is 0. The number of hydrogen-bond donors (Lipinski definition) is 4. The third-order valence-corrected chi connectivity index (χ3v) is 3.01. The van der Waals surface area contributed by atoms with E-state index in [2.05, 4.69) is 45.8 Å². The highest BCUT2D eigenvalue weighted by Crippen LogP contribution is 2.17. The minimum absolute atomic E-state index is 0.0128. The number of rotatable bonds is 1. The van der Waals surface area contributed by atoms with E-state index in [9.17, 15) is 9.59 Å². The fourth-order valence-electron chi connectivity index (χ4n) is 2.08. The van der Waals surface area contributed by atoms with E-state index in [4.69, 9.17) is 6.42 Å². The Morgan fingerprint density at radius 2 is 1.64 bits per heavy atom. The van der Waals surface area contributed by atoms with Crippen LogP contribution in [0.4, 0.5) is 0 Å². The van der Waals surface area contributed by atoms with Crippen LogP contribution in [0.15, 0.2) is 15.9 Å². The molecule has 0 saturated heterocycles. The summed E-state index contributed by atoms with van der Waals surface area (Å²) < 4.78 is 0. The van der Waals surface area contributed by atoms with Crippen molar-refractivity contribution in [3.05, 3.63) is 32.9 Å². The largest absolute Gasteiger partial charge is 0.328 e. The molecule has 0 fully saturated rings. The summed E-state index contributed by atoms with van der Waals surface area (Å²) in [7, 11) is 0.